The summed E-state index contributed by atoms with van der Waals surface area (Å²) < 4.78 is 37.5. The molecule has 2 aromatic carbocycles. The van der Waals surface area contributed by atoms with Gasteiger partial charge in [0.05, 0.1) is 12.7 Å². The van der Waals surface area contributed by atoms with Crippen molar-refractivity contribution in [3.8, 4) is 5.75 Å². The highest BCUT2D eigenvalue weighted by Crippen LogP contribution is 2.43. The van der Waals surface area contributed by atoms with E-state index in [-0.39, 0.29) is 23.1 Å². The van der Waals surface area contributed by atoms with Crippen LogP contribution in [0.3, 0.4) is 0 Å². The van der Waals surface area contributed by atoms with Crippen molar-refractivity contribution in [1.29, 1.82) is 0 Å². The molecule has 3 rings (SSSR count). The van der Waals surface area contributed by atoms with Crippen LogP contribution in [0.5, 0.6) is 5.75 Å². The second kappa shape index (κ2) is 7.99. The number of ether oxygens (including phenoxy) is 2. The van der Waals surface area contributed by atoms with Gasteiger partial charge in [0.15, 0.2) is 0 Å². The second-order valence-corrected chi connectivity index (χ2v) is 6.77. The summed E-state index contributed by atoms with van der Waals surface area (Å²) in [4.78, 5) is 0. The van der Waals surface area contributed by atoms with E-state index in [0.29, 0.717) is 5.92 Å². The predicted molar refractivity (Wildman–Crippen MR) is 102 cm³/mol. The zero-order valence-electron chi connectivity index (χ0n) is 14.7. The van der Waals surface area contributed by atoms with Gasteiger partial charge in [-0.25, -0.2) is 8.78 Å². The molecule has 0 heterocycles. The van der Waals surface area contributed by atoms with Crippen LogP contribution in [0.4, 0.5) is 14.5 Å². The van der Waals surface area contributed by atoms with Crippen LogP contribution < -0.4 is 10.1 Å². The minimum atomic E-state index is -2.58. The lowest BCUT2D eigenvalue weighted by Gasteiger charge is -2.18. The van der Waals surface area contributed by atoms with Crippen molar-refractivity contribution < 1.29 is 18.3 Å². The van der Waals surface area contributed by atoms with Crippen LogP contribution in [0.1, 0.15) is 47.4 Å². The first-order chi connectivity index (χ1) is 12.5. The van der Waals surface area contributed by atoms with E-state index in [1.165, 1.54) is 18.7 Å². The van der Waals surface area contributed by atoms with E-state index in [2.05, 4.69) is 11.4 Å². The highest BCUT2D eigenvalue weighted by Gasteiger charge is 2.27. The van der Waals surface area contributed by atoms with Crippen molar-refractivity contribution in [2.45, 2.75) is 38.7 Å². The van der Waals surface area contributed by atoms with Crippen LogP contribution in [0.2, 0.25) is 0 Å². The fourth-order valence-corrected chi connectivity index (χ4v) is 3.05. The average molecular weight is 377 g/mol. The van der Waals surface area contributed by atoms with Gasteiger partial charge in [0, 0.05) is 11.3 Å². The maximum atomic E-state index is 13.3. The van der Waals surface area contributed by atoms with E-state index in [1.54, 1.807) is 19.1 Å². The molecule has 0 aromatic heterocycles. The minimum absolute atomic E-state index is 0.0872. The van der Waals surface area contributed by atoms with Crippen molar-refractivity contribution in [2.75, 3.05) is 12.4 Å². The average Bonchev–Trinajstić information content (AvgIpc) is 3.46. The Hall–Kier alpha value is -2.21. The monoisotopic (exact) mass is 377 g/mol. The number of hydrogen-bond acceptors (Lipinski definition) is 3. The van der Waals surface area contributed by atoms with Crippen LogP contribution in [-0.2, 0) is 11.3 Å². The Morgan fingerprint density at radius 1 is 1.27 bits per heavy atom. The van der Waals surface area contributed by atoms with E-state index in [0.717, 1.165) is 29.7 Å². The standard InChI is InChI=1S/C20H21F2NO2S/c1-12-6-9-18(15(10-12)19(21)22)25-11-16-14(13-7-8-13)4-3-5-17(16)23-20(26)24-2/h3-6,9-10,13,19H,7-8,11H2,1-2H3,(H,23,26). The number of aryl methyl sites for hydroxylation is 1. The first kappa shape index (κ1) is 18.6. The number of benzene rings is 2. The molecule has 1 fully saturated rings. The van der Waals surface area contributed by atoms with Crippen LogP contribution in [-0.4, -0.2) is 12.3 Å². The van der Waals surface area contributed by atoms with Gasteiger partial charge < -0.3 is 14.8 Å². The molecule has 0 unspecified atom stereocenters. The van der Waals surface area contributed by atoms with Gasteiger partial charge in [-0.3, -0.25) is 0 Å². The van der Waals surface area contributed by atoms with Gasteiger partial charge in [-0.05, 0) is 61.7 Å². The van der Waals surface area contributed by atoms with Crippen LogP contribution >= 0.6 is 12.2 Å². The normalized spacial score (nSPS) is 13.6. The molecule has 6 heteroatoms. The van der Waals surface area contributed by atoms with Gasteiger partial charge in [-0.15, -0.1) is 0 Å². The summed E-state index contributed by atoms with van der Waals surface area (Å²) in [5.74, 6) is 0.690. The number of nitrogens with one attached hydrogen (secondary N) is 1. The predicted octanol–water partition coefficient (Wildman–Crippen LogP) is 5.73. The Bertz CT molecular complexity index is 806. The van der Waals surface area contributed by atoms with Crippen molar-refractivity contribution in [3.63, 3.8) is 0 Å². The lowest BCUT2D eigenvalue weighted by Crippen LogP contribution is -2.14. The van der Waals surface area contributed by atoms with Gasteiger partial charge >= 0.3 is 0 Å². The minimum Gasteiger partial charge on any atom is -0.488 e. The number of hydrogen-bond donors (Lipinski definition) is 1. The van der Waals surface area contributed by atoms with Crippen molar-refractivity contribution in [1.82, 2.24) is 0 Å². The maximum absolute atomic E-state index is 13.3. The van der Waals surface area contributed by atoms with Crippen molar-refractivity contribution in [2.24, 2.45) is 0 Å². The summed E-state index contributed by atoms with van der Waals surface area (Å²) in [6.07, 6.45) is -0.335. The third-order valence-corrected chi connectivity index (χ3v) is 4.69. The van der Waals surface area contributed by atoms with Gasteiger partial charge in [0.1, 0.15) is 12.4 Å². The summed E-state index contributed by atoms with van der Waals surface area (Å²) in [6.45, 7) is 1.97. The molecule has 1 N–H and O–H groups in total. The summed E-state index contributed by atoms with van der Waals surface area (Å²) in [5.41, 5.74) is 3.57. The third kappa shape index (κ3) is 4.30. The molecule has 3 nitrogen and oxygen atoms in total. The number of thiocarbonyl (C=S) groups is 1. The summed E-state index contributed by atoms with van der Waals surface area (Å²) in [6, 6.07) is 10.7. The fourth-order valence-electron chi connectivity index (χ4n) is 2.94. The molecule has 1 saturated carbocycles. The van der Waals surface area contributed by atoms with E-state index in [4.69, 9.17) is 21.7 Å². The molecule has 0 saturated heterocycles. The molecule has 0 aliphatic heterocycles. The highest BCUT2D eigenvalue weighted by atomic mass is 32.1. The molecule has 0 spiro atoms. The Morgan fingerprint density at radius 3 is 2.69 bits per heavy atom. The summed E-state index contributed by atoms with van der Waals surface area (Å²) in [5, 5.41) is 3.30. The van der Waals surface area contributed by atoms with E-state index >= 15 is 0 Å². The van der Waals surface area contributed by atoms with Crippen molar-refractivity contribution >= 4 is 23.1 Å². The van der Waals surface area contributed by atoms with E-state index < -0.39 is 6.43 Å². The van der Waals surface area contributed by atoms with E-state index in [9.17, 15) is 8.78 Å². The molecule has 26 heavy (non-hydrogen) atoms. The lowest BCUT2D eigenvalue weighted by molar-refractivity contribution is 0.144. The molecule has 1 aliphatic carbocycles. The van der Waals surface area contributed by atoms with Gasteiger partial charge in [-0.2, -0.15) is 0 Å². The van der Waals surface area contributed by atoms with Gasteiger partial charge in [-0.1, -0.05) is 23.8 Å². The first-order valence-corrected chi connectivity index (χ1v) is 8.88. The summed E-state index contributed by atoms with van der Waals surface area (Å²) in [7, 11) is 1.50. The maximum Gasteiger partial charge on any atom is 0.267 e. The number of halogens is 2. The zero-order valence-corrected chi connectivity index (χ0v) is 15.5. The molecular formula is C20H21F2NO2S. The smallest absolute Gasteiger partial charge is 0.267 e. The van der Waals surface area contributed by atoms with Crippen molar-refractivity contribution in [3.05, 3.63) is 58.7 Å². The molecule has 0 radical (unpaired) electrons. The lowest BCUT2D eigenvalue weighted by atomic mass is 10.0. The molecule has 0 atom stereocenters. The van der Waals surface area contributed by atoms with Gasteiger partial charge in [0.2, 0.25) is 0 Å². The Balaban J connectivity index is 1.88. The second-order valence-electron chi connectivity index (χ2n) is 6.39. The number of methoxy groups -OCH3 is 1. The molecule has 138 valence electrons. The number of alkyl halides is 2. The number of anilines is 1. The topological polar surface area (TPSA) is 30.5 Å². The van der Waals surface area contributed by atoms with Crippen LogP contribution in [0.25, 0.3) is 0 Å². The first-order valence-electron chi connectivity index (χ1n) is 8.48. The Kier molecular flexibility index (Phi) is 5.71. The third-order valence-electron chi connectivity index (χ3n) is 4.42. The Morgan fingerprint density at radius 2 is 2.04 bits per heavy atom. The number of rotatable bonds is 6. The zero-order chi connectivity index (χ0) is 18.7. The largest absolute Gasteiger partial charge is 0.488 e. The van der Waals surface area contributed by atoms with Crippen LogP contribution in [0, 0.1) is 6.92 Å². The molecular weight excluding hydrogens is 356 g/mol. The Labute approximate surface area is 157 Å². The van der Waals surface area contributed by atoms with Crippen LogP contribution in [0.15, 0.2) is 36.4 Å². The van der Waals surface area contributed by atoms with Gasteiger partial charge in [0.25, 0.3) is 11.6 Å². The highest BCUT2D eigenvalue weighted by molar-refractivity contribution is 7.80. The fraction of sp³-hybridized carbons (Fsp3) is 0.350. The van der Waals surface area contributed by atoms with E-state index in [1.807, 2.05) is 12.1 Å². The molecule has 2 aromatic rings. The molecule has 0 bridgehead atoms. The molecule has 0 amide bonds. The SMILES string of the molecule is COC(=S)Nc1cccc(C2CC2)c1COc1ccc(C)cc1C(F)F. The quantitative estimate of drug-likeness (QED) is 0.651. The summed E-state index contributed by atoms with van der Waals surface area (Å²) >= 11 is 5.10. The molecule has 1 aliphatic rings.